The van der Waals surface area contributed by atoms with Crippen molar-refractivity contribution in [1.82, 2.24) is 0 Å². The first-order chi connectivity index (χ1) is 3.81. The molecule has 0 aromatic carbocycles. The average molecular weight is 113 g/mol. The Morgan fingerprint density at radius 1 is 1.62 bits per heavy atom. The van der Waals surface area contributed by atoms with Crippen molar-refractivity contribution in [3.63, 3.8) is 0 Å². The number of rotatable bonds is 3. The smallest absolute Gasteiger partial charge is 0.0882 e. The van der Waals surface area contributed by atoms with Gasteiger partial charge in [-0.1, -0.05) is 26.0 Å². The normalized spacial score (nSPS) is 14.9. The predicted molar refractivity (Wildman–Crippen MR) is 34.1 cm³/mol. The van der Waals surface area contributed by atoms with Gasteiger partial charge in [-0.15, -0.1) is 0 Å². The summed E-state index contributed by atoms with van der Waals surface area (Å²) in [5.74, 6) is 0.218. The van der Waals surface area contributed by atoms with Crippen molar-refractivity contribution < 1.29 is 5.11 Å². The fraction of sp³-hybridized carbons (Fsp3) is 0.714. The van der Waals surface area contributed by atoms with Crippen LogP contribution in [0.4, 0.5) is 0 Å². The molecule has 0 bridgehead atoms. The van der Waals surface area contributed by atoms with Crippen LogP contribution in [0.2, 0.25) is 0 Å². The molecule has 0 heterocycles. The third-order valence-electron chi connectivity index (χ3n) is 0.963. The van der Waals surface area contributed by atoms with Crippen molar-refractivity contribution in [2.24, 2.45) is 5.92 Å². The largest absolute Gasteiger partial charge is 0.236 e. The predicted octanol–water partition coefficient (Wildman–Crippen LogP) is 2.02. The van der Waals surface area contributed by atoms with Gasteiger partial charge < -0.3 is 0 Å². The van der Waals surface area contributed by atoms with Gasteiger partial charge in [0.15, 0.2) is 0 Å². The molecule has 1 radical (unpaired) electrons. The topological polar surface area (TPSA) is 19.9 Å². The summed E-state index contributed by atoms with van der Waals surface area (Å²) in [4.78, 5) is 0. The van der Waals surface area contributed by atoms with Crippen LogP contribution in [0.1, 0.15) is 20.3 Å². The van der Waals surface area contributed by atoms with E-state index in [9.17, 15) is 5.11 Å². The van der Waals surface area contributed by atoms with Crippen molar-refractivity contribution >= 4 is 0 Å². The monoisotopic (exact) mass is 113 g/mol. The van der Waals surface area contributed by atoms with E-state index in [1.54, 1.807) is 0 Å². The molecule has 47 valence electrons. The van der Waals surface area contributed by atoms with Gasteiger partial charge in [0.2, 0.25) is 0 Å². The van der Waals surface area contributed by atoms with Crippen LogP contribution in [0.25, 0.3) is 0 Å². The quantitative estimate of drug-likeness (QED) is 0.499. The fourth-order valence-corrected chi connectivity index (χ4v) is 0.424. The molecule has 0 aromatic heterocycles. The van der Waals surface area contributed by atoms with E-state index >= 15 is 0 Å². The molecule has 0 amide bonds. The molecular formula is C7H13O. The highest BCUT2D eigenvalue weighted by Crippen LogP contribution is 1.95. The molecule has 1 unspecified atom stereocenters. The van der Waals surface area contributed by atoms with Crippen LogP contribution < -0.4 is 0 Å². The average Bonchev–Trinajstić information content (AvgIpc) is 1.83. The Balaban J connectivity index is 3.21. The summed E-state index contributed by atoms with van der Waals surface area (Å²) in [6, 6.07) is 0. The van der Waals surface area contributed by atoms with E-state index in [1.165, 1.54) is 0 Å². The molecule has 0 saturated carbocycles. The molecule has 0 fully saturated rings. The Morgan fingerprint density at radius 2 is 2.25 bits per heavy atom. The van der Waals surface area contributed by atoms with Gasteiger partial charge in [-0.3, -0.25) is 0 Å². The Kier molecular flexibility index (Phi) is 4.67. The summed E-state index contributed by atoms with van der Waals surface area (Å²) in [5, 5.41) is 10.1. The van der Waals surface area contributed by atoms with Crippen LogP contribution in [0, 0.1) is 5.92 Å². The molecule has 1 nitrogen and oxygen atoms in total. The van der Waals surface area contributed by atoms with Gasteiger partial charge in [0.1, 0.15) is 0 Å². The lowest BCUT2D eigenvalue weighted by atomic mass is 10.2. The van der Waals surface area contributed by atoms with Crippen LogP contribution in [-0.2, 0) is 5.11 Å². The first-order valence-electron chi connectivity index (χ1n) is 3.06. The van der Waals surface area contributed by atoms with Gasteiger partial charge in [-0.2, -0.15) is 0 Å². The second kappa shape index (κ2) is 4.85. The molecule has 0 aliphatic heterocycles. The highest BCUT2D eigenvalue weighted by atomic mass is 16.3. The summed E-state index contributed by atoms with van der Waals surface area (Å²) in [5.41, 5.74) is 0. The Labute approximate surface area is 51.0 Å². The minimum absolute atomic E-state index is 0.0104. The van der Waals surface area contributed by atoms with Gasteiger partial charge in [-0.05, 0) is 6.42 Å². The van der Waals surface area contributed by atoms with E-state index in [-0.39, 0.29) is 12.5 Å². The highest BCUT2D eigenvalue weighted by molar-refractivity contribution is 4.84. The van der Waals surface area contributed by atoms with Crippen molar-refractivity contribution in [1.29, 1.82) is 0 Å². The van der Waals surface area contributed by atoms with Gasteiger partial charge >= 0.3 is 0 Å². The summed E-state index contributed by atoms with van der Waals surface area (Å²) >= 11 is 0. The third-order valence-corrected chi connectivity index (χ3v) is 0.963. The van der Waals surface area contributed by atoms with E-state index in [0.717, 1.165) is 6.42 Å². The minimum Gasteiger partial charge on any atom is -0.236 e. The van der Waals surface area contributed by atoms with Crippen LogP contribution in [-0.4, -0.2) is 6.61 Å². The van der Waals surface area contributed by atoms with Crippen LogP contribution in [0.5, 0.6) is 0 Å². The second-order valence-electron chi connectivity index (χ2n) is 1.98. The molecule has 1 atom stereocenters. The molecule has 0 aliphatic carbocycles. The highest BCUT2D eigenvalue weighted by Gasteiger charge is 1.90. The zero-order valence-corrected chi connectivity index (χ0v) is 5.55. The molecule has 0 rings (SSSR count). The van der Waals surface area contributed by atoms with Crippen molar-refractivity contribution in [2.45, 2.75) is 20.3 Å². The maximum Gasteiger partial charge on any atom is 0.0882 e. The van der Waals surface area contributed by atoms with E-state index < -0.39 is 0 Å². The van der Waals surface area contributed by atoms with E-state index in [2.05, 4.69) is 6.92 Å². The summed E-state index contributed by atoms with van der Waals surface area (Å²) in [7, 11) is 0. The molecule has 0 spiro atoms. The van der Waals surface area contributed by atoms with Crippen LogP contribution in [0.3, 0.4) is 0 Å². The van der Waals surface area contributed by atoms with Gasteiger partial charge in [0.05, 0.1) is 6.61 Å². The third kappa shape index (κ3) is 3.88. The van der Waals surface area contributed by atoms with E-state index in [0.29, 0.717) is 0 Å². The maximum atomic E-state index is 10.1. The van der Waals surface area contributed by atoms with Crippen molar-refractivity contribution in [2.75, 3.05) is 6.61 Å². The van der Waals surface area contributed by atoms with Gasteiger partial charge in [0, 0.05) is 5.92 Å². The Morgan fingerprint density at radius 3 is 2.62 bits per heavy atom. The maximum absolute atomic E-state index is 10.1. The number of hydrogen-bond acceptors (Lipinski definition) is 0. The number of allylic oxidation sites excluding steroid dienone is 1. The van der Waals surface area contributed by atoms with Crippen LogP contribution in [0.15, 0.2) is 12.2 Å². The molecule has 0 N–H and O–H groups in total. The fourth-order valence-electron chi connectivity index (χ4n) is 0.424. The van der Waals surface area contributed by atoms with Gasteiger partial charge in [-0.25, -0.2) is 5.11 Å². The first kappa shape index (κ1) is 7.70. The Bertz CT molecular complexity index is 66.8. The SMILES string of the molecule is CCC=CC(C)C[O]. The second-order valence-corrected chi connectivity index (χ2v) is 1.98. The molecule has 0 saturated heterocycles. The zero-order valence-electron chi connectivity index (χ0n) is 5.55. The van der Waals surface area contributed by atoms with E-state index in [4.69, 9.17) is 0 Å². The Hall–Kier alpha value is -0.300. The van der Waals surface area contributed by atoms with Gasteiger partial charge in [0.25, 0.3) is 0 Å². The molecule has 0 aromatic rings. The zero-order chi connectivity index (χ0) is 6.41. The standard InChI is InChI=1S/C7H13O/c1-3-4-5-7(2)6-8/h4-5,7H,3,6H2,1-2H3. The van der Waals surface area contributed by atoms with E-state index in [1.807, 2.05) is 19.1 Å². The summed E-state index contributed by atoms with van der Waals surface area (Å²) in [6.45, 7) is 4.00. The number of hydrogen-bond donors (Lipinski definition) is 0. The minimum atomic E-state index is 0.0104. The lowest BCUT2D eigenvalue weighted by Gasteiger charge is -1.94. The molecule has 8 heavy (non-hydrogen) atoms. The summed E-state index contributed by atoms with van der Waals surface area (Å²) < 4.78 is 0. The lowest BCUT2D eigenvalue weighted by Crippen LogP contribution is -1.92. The molecule has 1 heteroatoms. The lowest BCUT2D eigenvalue weighted by molar-refractivity contribution is 0.168. The molecular weight excluding hydrogens is 100 g/mol. The molecule has 0 aliphatic rings. The van der Waals surface area contributed by atoms with Crippen LogP contribution >= 0.6 is 0 Å². The van der Waals surface area contributed by atoms with Crippen molar-refractivity contribution in [3.05, 3.63) is 12.2 Å². The van der Waals surface area contributed by atoms with Crippen molar-refractivity contribution in [3.8, 4) is 0 Å². The summed E-state index contributed by atoms with van der Waals surface area (Å²) in [6.07, 6.45) is 5.03. The first-order valence-corrected chi connectivity index (χ1v) is 3.06.